The number of aliphatic hydroxyl groups is 1. The van der Waals surface area contributed by atoms with Crippen molar-refractivity contribution in [3.8, 4) is 5.75 Å². The Morgan fingerprint density at radius 3 is 1.88 bits per heavy atom. The largest absolute Gasteiger partial charge is 0.488 e. The first-order chi connectivity index (χ1) is 19.8. The highest BCUT2D eigenvalue weighted by Crippen LogP contribution is 2.39. The van der Waals surface area contributed by atoms with Crippen molar-refractivity contribution in [1.82, 2.24) is 0 Å². The topological polar surface area (TPSA) is 47.9 Å². The van der Waals surface area contributed by atoms with Gasteiger partial charge in [-0.3, -0.25) is 0 Å². The predicted molar refractivity (Wildman–Crippen MR) is 192 cm³/mol. The standard InChI is InChI=1S/C36H62O4SSi2/c1-14-28(18-17-21-36(37,15-2)16-3)31-23-33(41-27-31)26-38-32-20-19-29(24-39-42(10,11)34(4,5)6)30(22-32)25-40-43(12,13)35(7,8)9/h18-20,22-23,27,37H,14-17,21,24-26H2,1-13H3. The first kappa shape index (κ1) is 38.0. The molecule has 0 bridgehead atoms. The molecule has 0 aliphatic rings. The highest BCUT2D eigenvalue weighted by molar-refractivity contribution is 7.10. The molecule has 0 unspecified atom stereocenters. The lowest BCUT2D eigenvalue weighted by molar-refractivity contribution is 0.0246. The average Bonchev–Trinajstić information content (AvgIpc) is 3.40. The Morgan fingerprint density at radius 2 is 1.37 bits per heavy atom. The summed E-state index contributed by atoms with van der Waals surface area (Å²) in [6.07, 6.45) is 6.59. The maximum absolute atomic E-state index is 10.7. The molecular formula is C36H62O4SSi2. The van der Waals surface area contributed by atoms with E-state index in [2.05, 4.69) is 124 Å². The van der Waals surface area contributed by atoms with Gasteiger partial charge in [0.05, 0.1) is 18.8 Å². The zero-order valence-electron chi connectivity index (χ0n) is 29.7. The van der Waals surface area contributed by atoms with Gasteiger partial charge in [-0.05, 0) is 114 Å². The van der Waals surface area contributed by atoms with Crippen molar-refractivity contribution < 1.29 is 18.7 Å². The molecule has 0 radical (unpaired) electrons. The summed E-state index contributed by atoms with van der Waals surface area (Å²) in [5, 5.41) is 13.2. The Bertz CT molecular complexity index is 1180. The second-order valence-electron chi connectivity index (χ2n) is 15.2. The summed E-state index contributed by atoms with van der Waals surface area (Å²) >= 11 is 1.75. The summed E-state index contributed by atoms with van der Waals surface area (Å²) in [5.74, 6) is 0.865. The molecule has 1 heterocycles. The maximum atomic E-state index is 10.7. The average molecular weight is 647 g/mol. The van der Waals surface area contributed by atoms with Gasteiger partial charge in [-0.1, -0.05) is 74.5 Å². The number of thiophene rings is 1. The van der Waals surface area contributed by atoms with Crippen molar-refractivity contribution in [2.24, 2.45) is 0 Å². The van der Waals surface area contributed by atoms with E-state index in [0.29, 0.717) is 19.8 Å². The van der Waals surface area contributed by atoms with Crippen LogP contribution in [0.5, 0.6) is 5.75 Å². The fraction of sp³-hybridized carbons (Fsp3) is 0.667. The minimum absolute atomic E-state index is 0.148. The molecule has 0 spiro atoms. The van der Waals surface area contributed by atoms with E-state index in [1.54, 1.807) is 11.3 Å². The van der Waals surface area contributed by atoms with Crippen LogP contribution in [0.4, 0.5) is 0 Å². The van der Waals surface area contributed by atoms with Crippen LogP contribution in [0.25, 0.3) is 5.57 Å². The van der Waals surface area contributed by atoms with E-state index in [9.17, 15) is 5.11 Å². The second kappa shape index (κ2) is 15.4. The van der Waals surface area contributed by atoms with Crippen LogP contribution < -0.4 is 4.74 Å². The first-order valence-electron chi connectivity index (χ1n) is 16.3. The highest BCUT2D eigenvalue weighted by atomic mass is 32.1. The van der Waals surface area contributed by atoms with E-state index >= 15 is 0 Å². The van der Waals surface area contributed by atoms with Gasteiger partial charge in [-0.25, -0.2) is 0 Å². The monoisotopic (exact) mass is 646 g/mol. The molecule has 2 rings (SSSR count). The molecule has 7 heteroatoms. The Morgan fingerprint density at radius 1 is 0.814 bits per heavy atom. The van der Waals surface area contributed by atoms with Gasteiger partial charge in [0.25, 0.3) is 0 Å². The lowest BCUT2D eigenvalue weighted by atomic mass is 9.91. The van der Waals surface area contributed by atoms with Crippen LogP contribution in [-0.4, -0.2) is 27.3 Å². The third-order valence-corrected chi connectivity index (χ3v) is 19.9. The van der Waals surface area contributed by atoms with Crippen molar-refractivity contribution in [1.29, 1.82) is 0 Å². The summed E-state index contributed by atoms with van der Waals surface area (Å²) in [6.45, 7) is 31.0. The van der Waals surface area contributed by atoms with E-state index in [-0.39, 0.29) is 10.1 Å². The number of ether oxygens (including phenoxy) is 1. The Balaban J connectivity index is 2.19. The van der Waals surface area contributed by atoms with E-state index < -0.39 is 22.2 Å². The zero-order chi connectivity index (χ0) is 32.7. The summed E-state index contributed by atoms with van der Waals surface area (Å²) in [7, 11) is -3.80. The van der Waals surface area contributed by atoms with Crippen LogP contribution in [0.3, 0.4) is 0 Å². The van der Waals surface area contributed by atoms with E-state index in [4.69, 9.17) is 13.6 Å². The van der Waals surface area contributed by atoms with Crippen molar-refractivity contribution in [3.05, 3.63) is 57.3 Å². The number of rotatable bonds is 16. The van der Waals surface area contributed by atoms with Gasteiger partial charge in [0.15, 0.2) is 16.6 Å². The SMILES string of the molecule is CCC(=CCCC(O)(CC)CC)c1csc(COc2ccc(CO[Si](C)(C)C(C)(C)C)c(CO[Si](C)(C)C(C)(C)C)c2)c1. The van der Waals surface area contributed by atoms with Gasteiger partial charge in [-0.15, -0.1) is 11.3 Å². The molecule has 43 heavy (non-hydrogen) atoms. The Kier molecular flexibility index (Phi) is 13.6. The zero-order valence-corrected chi connectivity index (χ0v) is 32.5. The summed E-state index contributed by atoms with van der Waals surface area (Å²) in [4.78, 5) is 1.21. The molecule has 0 saturated heterocycles. The normalized spacial score (nSPS) is 14.0. The van der Waals surface area contributed by atoms with Gasteiger partial charge in [0.2, 0.25) is 0 Å². The lowest BCUT2D eigenvalue weighted by Crippen LogP contribution is -2.41. The van der Waals surface area contributed by atoms with Crippen LogP contribution in [0.2, 0.25) is 36.3 Å². The van der Waals surface area contributed by atoms with Crippen molar-refractivity contribution in [2.75, 3.05) is 0 Å². The molecule has 0 fully saturated rings. The molecule has 2 aromatic rings. The van der Waals surface area contributed by atoms with Crippen molar-refractivity contribution in [3.63, 3.8) is 0 Å². The van der Waals surface area contributed by atoms with Gasteiger partial charge in [-0.2, -0.15) is 0 Å². The van der Waals surface area contributed by atoms with Gasteiger partial charge < -0.3 is 18.7 Å². The van der Waals surface area contributed by atoms with Crippen LogP contribution in [0.1, 0.15) is 116 Å². The Labute approximate surface area is 270 Å². The number of allylic oxidation sites excluding steroid dienone is 2. The van der Waals surface area contributed by atoms with Crippen LogP contribution in [-0.2, 0) is 28.7 Å². The van der Waals surface area contributed by atoms with Gasteiger partial charge >= 0.3 is 0 Å². The minimum atomic E-state index is -1.92. The summed E-state index contributed by atoms with van der Waals surface area (Å²) < 4.78 is 19.6. The highest BCUT2D eigenvalue weighted by Gasteiger charge is 2.38. The number of hydrogen-bond donors (Lipinski definition) is 1. The quantitative estimate of drug-likeness (QED) is 0.184. The smallest absolute Gasteiger partial charge is 0.192 e. The fourth-order valence-electron chi connectivity index (χ4n) is 4.28. The molecule has 0 atom stereocenters. The van der Waals surface area contributed by atoms with Crippen molar-refractivity contribution in [2.45, 2.75) is 156 Å². The van der Waals surface area contributed by atoms with Crippen LogP contribution in [0, 0.1) is 0 Å². The lowest BCUT2D eigenvalue weighted by Gasteiger charge is -2.37. The molecule has 0 aliphatic carbocycles. The number of benzene rings is 1. The third-order valence-electron chi connectivity index (χ3n) is 10.1. The molecule has 1 aromatic heterocycles. The molecule has 1 N–H and O–H groups in total. The predicted octanol–water partition coefficient (Wildman–Crippen LogP) is 11.5. The molecular weight excluding hydrogens is 585 g/mol. The van der Waals surface area contributed by atoms with Crippen LogP contribution >= 0.6 is 11.3 Å². The van der Waals surface area contributed by atoms with Gasteiger partial charge in [0.1, 0.15) is 12.4 Å². The van der Waals surface area contributed by atoms with Crippen molar-refractivity contribution >= 4 is 33.5 Å². The molecule has 0 amide bonds. The maximum Gasteiger partial charge on any atom is 0.192 e. The summed E-state index contributed by atoms with van der Waals surface area (Å²) in [6, 6.07) is 8.66. The third kappa shape index (κ3) is 11.0. The minimum Gasteiger partial charge on any atom is -0.488 e. The second-order valence-corrected chi connectivity index (χ2v) is 25.8. The van der Waals surface area contributed by atoms with Gasteiger partial charge in [0, 0.05) is 4.88 Å². The molecule has 4 nitrogen and oxygen atoms in total. The van der Waals surface area contributed by atoms with Crippen LogP contribution in [0.15, 0.2) is 35.7 Å². The molecule has 0 aliphatic heterocycles. The fourth-order valence-corrected chi connectivity index (χ4v) is 7.00. The molecule has 0 saturated carbocycles. The molecule has 244 valence electrons. The Hall–Kier alpha value is -1.23. The molecule has 1 aromatic carbocycles. The van der Waals surface area contributed by atoms with E-state index in [1.807, 2.05) is 0 Å². The first-order valence-corrected chi connectivity index (χ1v) is 23.0. The summed E-state index contributed by atoms with van der Waals surface area (Å²) in [5.41, 5.74) is 4.40. The van der Waals surface area contributed by atoms with E-state index in [1.165, 1.54) is 21.6 Å². The van der Waals surface area contributed by atoms with E-state index in [0.717, 1.165) is 43.4 Å². The number of hydrogen-bond acceptors (Lipinski definition) is 5.